The first-order valence-electron chi connectivity index (χ1n) is 5.88. The Bertz CT molecular complexity index is 628. The Hall–Kier alpha value is -1.72. The van der Waals surface area contributed by atoms with E-state index in [4.69, 9.17) is 0 Å². The molecule has 0 spiro atoms. The Kier molecular flexibility index (Phi) is 3.19. The van der Waals surface area contributed by atoms with Gasteiger partial charge in [-0.15, -0.1) is 0 Å². The van der Waals surface area contributed by atoms with Crippen LogP contribution in [0.15, 0.2) is 10.9 Å². The molecule has 98 valence electrons. The Morgan fingerprint density at radius 2 is 2.11 bits per heavy atom. The summed E-state index contributed by atoms with van der Waals surface area (Å²) in [6.07, 6.45) is -2.14. The zero-order valence-corrected chi connectivity index (χ0v) is 10.5. The zero-order chi connectivity index (χ0) is 13.4. The van der Waals surface area contributed by atoms with Gasteiger partial charge in [0, 0.05) is 5.56 Å². The molecular formula is C12H15F2N3O. The van der Waals surface area contributed by atoms with Gasteiger partial charge >= 0.3 is 0 Å². The third-order valence-corrected chi connectivity index (χ3v) is 2.97. The van der Waals surface area contributed by atoms with Crippen molar-refractivity contribution in [1.29, 1.82) is 0 Å². The molecule has 0 aliphatic rings. The second kappa shape index (κ2) is 4.51. The van der Waals surface area contributed by atoms with Gasteiger partial charge in [-0.25, -0.2) is 13.8 Å². The van der Waals surface area contributed by atoms with Crippen LogP contribution in [0.1, 0.15) is 50.1 Å². The van der Waals surface area contributed by atoms with Crippen LogP contribution in [0.3, 0.4) is 0 Å². The lowest BCUT2D eigenvalue weighted by Crippen LogP contribution is -2.21. The summed E-state index contributed by atoms with van der Waals surface area (Å²) in [6, 6.07) is 1.70. The maximum atomic E-state index is 12.6. The summed E-state index contributed by atoms with van der Waals surface area (Å²) in [5.74, 6) is -0.320. The summed E-state index contributed by atoms with van der Waals surface area (Å²) in [7, 11) is 0. The van der Waals surface area contributed by atoms with Crippen LogP contribution in [0.25, 0.3) is 5.65 Å². The maximum absolute atomic E-state index is 12.6. The number of rotatable bonds is 3. The fraction of sp³-hybridized carbons (Fsp3) is 0.500. The molecule has 0 unspecified atom stereocenters. The predicted molar refractivity (Wildman–Crippen MR) is 64.2 cm³/mol. The molecule has 2 aromatic heterocycles. The zero-order valence-electron chi connectivity index (χ0n) is 10.5. The minimum Gasteiger partial charge on any atom is -0.271 e. The van der Waals surface area contributed by atoms with Gasteiger partial charge in [-0.3, -0.25) is 9.89 Å². The molecule has 0 bridgehead atoms. The molecule has 0 fully saturated rings. The highest BCUT2D eigenvalue weighted by molar-refractivity contribution is 5.45. The molecule has 4 nitrogen and oxygen atoms in total. The van der Waals surface area contributed by atoms with Gasteiger partial charge in [0.05, 0.1) is 0 Å². The lowest BCUT2D eigenvalue weighted by atomic mass is 9.97. The van der Waals surface area contributed by atoms with Crippen LogP contribution < -0.4 is 5.56 Å². The summed E-state index contributed by atoms with van der Waals surface area (Å²) >= 11 is 0. The number of H-pyrrole nitrogens is 1. The van der Waals surface area contributed by atoms with Crippen molar-refractivity contribution in [2.45, 2.75) is 39.5 Å². The van der Waals surface area contributed by atoms with E-state index in [1.54, 1.807) is 6.07 Å². The standard InChI is InChI=1S/C12H15F2N3O/c1-4-7-8(6(2)3)5-9-15-11(10(13)14)16-17(9)12(7)18/h5-6,10H,4H2,1-3H3,(H,15,16). The van der Waals surface area contributed by atoms with E-state index < -0.39 is 12.2 Å². The van der Waals surface area contributed by atoms with Crippen LogP contribution in [0.4, 0.5) is 8.78 Å². The van der Waals surface area contributed by atoms with Crippen LogP contribution >= 0.6 is 0 Å². The first-order chi connectivity index (χ1) is 8.45. The average Bonchev–Trinajstić information content (AvgIpc) is 2.73. The number of aromatic amines is 1. The van der Waals surface area contributed by atoms with Crippen molar-refractivity contribution >= 4 is 5.65 Å². The minimum absolute atomic E-state index is 0.157. The molecule has 0 atom stereocenters. The number of hydrogen-bond donors (Lipinski definition) is 1. The van der Waals surface area contributed by atoms with Crippen LogP contribution in [0, 0.1) is 0 Å². The van der Waals surface area contributed by atoms with E-state index in [1.807, 2.05) is 20.8 Å². The largest absolute Gasteiger partial charge is 0.296 e. The predicted octanol–water partition coefficient (Wildman–Crippen LogP) is 2.65. The second-order valence-electron chi connectivity index (χ2n) is 4.49. The highest BCUT2D eigenvalue weighted by atomic mass is 19.3. The van der Waals surface area contributed by atoms with E-state index in [2.05, 4.69) is 10.1 Å². The Morgan fingerprint density at radius 3 is 2.61 bits per heavy atom. The quantitative estimate of drug-likeness (QED) is 0.916. The number of nitrogens with one attached hydrogen (secondary N) is 1. The van der Waals surface area contributed by atoms with Gasteiger partial charge in [0.1, 0.15) is 0 Å². The molecule has 1 N–H and O–H groups in total. The first-order valence-corrected chi connectivity index (χ1v) is 5.88. The molecule has 2 heterocycles. The van der Waals surface area contributed by atoms with Crippen LogP contribution in [0.2, 0.25) is 0 Å². The van der Waals surface area contributed by atoms with Crippen LogP contribution in [-0.2, 0) is 6.42 Å². The van der Waals surface area contributed by atoms with E-state index in [9.17, 15) is 13.6 Å². The number of hydrogen-bond acceptors (Lipinski definition) is 2. The van der Waals surface area contributed by atoms with E-state index in [-0.39, 0.29) is 17.1 Å². The highest BCUT2D eigenvalue weighted by Crippen LogP contribution is 2.20. The van der Waals surface area contributed by atoms with Gasteiger partial charge in [0.2, 0.25) is 0 Å². The molecule has 0 amide bonds. The van der Waals surface area contributed by atoms with Gasteiger partial charge < -0.3 is 0 Å². The normalized spacial score (nSPS) is 11.9. The third-order valence-electron chi connectivity index (χ3n) is 2.97. The molecule has 6 heteroatoms. The van der Waals surface area contributed by atoms with E-state index in [0.717, 1.165) is 10.1 Å². The first kappa shape index (κ1) is 12.7. The lowest BCUT2D eigenvalue weighted by molar-refractivity contribution is 0.140. The summed E-state index contributed by atoms with van der Waals surface area (Å²) in [5, 5.41) is 2.35. The molecule has 18 heavy (non-hydrogen) atoms. The number of pyridine rings is 1. The monoisotopic (exact) mass is 255 g/mol. The van der Waals surface area contributed by atoms with E-state index in [1.165, 1.54) is 0 Å². The fourth-order valence-corrected chi connectivity index (χ4v) is 2.07. The van der Waals surface area contributed by atoms with Crippen molar-refractivity contribution in [2.24, 2.45) is 0 Å². The van der Waals surface area contributed by atoms with Gasteiger partial charge in [-0.1, -0.05) is 20.8 Å². The number of aromatic nitrogens is 3. The van der Waals surface area contributed by atoms with E-state index >= 15 is 0 Å². The van der Waals surface area contributed by atoms with Crippen molar-refractivity contribution in [2.75, 3.05) is 0 Å². The maximum Gasteiger partial charge on any atom is 0.296 e. The molecule has 0 saturated carbocycles. The van der Waals surface area contributed by atoms with Crippen molar-refractivity contribution in [3.05, 3.63) is 33.4 Å². The Morgan fingerprint density at radius 1 is 1.44 bits per heavy atom. The van der Waals surface area contributed by atoms with E-state index in [0.29, 0.717) is 12.0 Å². The molecule has 0 aliphatic carbocycles. The molecule has 2 aromatic rings. The van der Waals surface area contributed by atoms with Gasteiger partial charge in [0.25, 0.3) is 12.0 Å². The van der Waals surface area contributed by atoms with Crippen LogP contribution in [-0.4, -0.2) is 14.6 Å². The number of fused-ring (bicyclic) bond motifs is 1. The topological polar surface area (TPSA) is 50.2 Å². The molecule has 2 rings (SSSR count). The van der Waals surface area contributed by atoms with Gasteiger partial charge in [0.15, 0.2) is 11.5 Å². The fourth-order valence-electron chi connectivity index (χ4n) is 2.07. The number of nitrogens with zero attached hydrogens (tertiary/aromatic N) is 2. The number of halogens is 2. The second-order valence-corrected chi connectivity index (χ2v) is 4.49. The van der Waals surface area contributed by atoms with Crippen molar-refractivity contribution in [3.63, 3.8) is 0 Å². The molecule has 0 aromatic carbocycles. The highest BCUT2D eigenvalue weighted by Gasteiger charge is 2.17. The molecule has 0 radical (unpaired) electrons. The van der Waals surface area contributed by atoms with Crippen LogP contribution in [0.5, 0.6) is 0 Å². The minimum atomic E-state index is -2.71. The lowest BCUT2D eigenvalue weighted by Gasteiger charge is -2.10. The smallest absolute Gasteiger partial charge is 0.271 e. The molecular weight excluding hydrogens is 240 g/mol. The summed E-state index contributed by atoms with van der Waals surface area (Å²) in [4.78, 5) is 15.9. The average molecular weight is 255 g/mol. The van der Waals surface area contributed by atoms with Gasteiger partial charge in [-0.05, 0) is 24.0 Å². The third kappa shape index (κ3) is 1.91. The van der Waals surface area contributed by atoms with Gasteiger partial charge in [-0.2, -0.15) is 4.52 Å². The Labute approximate surface area is 103 Å². The summed E-state index contributed by atoms with van der Waals surface area (Å²) < 4.78 is 26.2. The number of alkyl halides is 2. The summed E-state index contributed by atoms with van der Waals surface area (Å²) in [5.41, 5.74) is 1.47. The SMILES string of the molecule is CCc1c(C(C)C)cc2nc(C(F)F)[nH]n2c1=O. The van der Waals surface area contributed by atoms with Crippen molar-refractivity contribution in [1.82, 2.24) is 14.6 Å². The Balaban J connectivity index is 2.78. The van der Waals surface area contributed by atoms with Crippen molar-refractivity contribution < 1.29 is 8.78 Å². The summed E-state index contributed by atoms with van der Waals surface area (Å²) in [6.45, 7) is 5.80. The van der Waals surface area contributed by atoms with Crippen molar-refractivity contribution in [3.8, 4) is 0 Å². The molecule has 0 aliphatic heterocycles. The molecule has 0 saturated heterocycles.